The second-order valence-electron chi connectivity index (χ2n) is 3.24. The zero-order valence-electron chi connectivity index (χ0n) is 8.03. The van der Waals surface area contributed by atoms with E-state index in [1.807, 2.05) is 31.2 Å². The average Bonchev–Trinajstić information content (AvgIpc) is 2.18. The second kappa shape index (κ2) is 3.14. The maximum Gasteiger partial charge on any atom is 0.255 e. The summed E-state index contributed by atoms with van der Waals surface area (Å²) < 4.78 is 1.56. The minimum absolute atomic E-state index is 0.0313. The molecule has 2 rings (SSSR count). The summed E-state index contributed by atoms with van der Waals surface area (Å²) in [5, 5.41) is 1.09. The Morgan fingerprint density at radius 3 is 2.79 bits per heavy atom. The summed E-state index contributed by atoms with van der Waals surface area (Å²) in [5.74, 6) is 0. The maximum atomic E-state index is 11.6. The lowest BCUT2D eigenvalue weighted by Crippen LogP contribution is -2.14. The van der Waals surface area contributed by atoms with Crippen LogP contribution in [0.15, 0.2) is 41.7 Å². The summed E-state index contributed by atoms with van der Waals surface area (Å²) in [5.41, 5.74) is 1.88. The van der Waals surface area contributed by atoms with Gasteiger partial charge in [0, 0.05) is 17.7 Å². The Morgan fingerprint density at radius 2 is 2.07 bits per heavy atom. The van der Waals surface area contributed by atoms with Gasteiger partial charge in [-0.2, -0.15) is 0 Å². The van der Waals surface area contributed by atoms with E-state index in [9.17, 15) is 4.79 Å². The number of benzene rings is 1. The van der Waals surface area contributed by atoms with Crippen LogP contribution in [0.5, 0.6) is 0 Å². The maximum absolute atomic E-state index is 11.6. The molecule has 2 aromatic rings. The van der Waals surface area contributed by atoms with Crippen molar-refractivity contribution in [2.45, 2.75) is 6.92 Å². The van der Waals surface area contributed by atoms with E-state index in [1.165, 1.54) is 0 Å². The van der Waals surface area contributed by atoms with E-state index in [0.29, 0.717) is 0 Å². The fourth-order valence-corrected chi connectivity index (χ4v) is 1.66. The number of fused-ring (bicyclic) bond motifs is 1. The number of aryl methyl sites for hydroxylation is 1. The predicted molar refractivity (Wildman–Crippen MR) is 59.3 cm³/mol. The first kappa shape index (κ1) is 8.75. The molecule has 0 N–H and O–H groups in total. The zero-order valence-corrected chi connectivity index (χ0v) is 8.03. The molecule has 1 heterocycles. The molecule has 0 fully saturated rings. The standard InChI is InChI=1S/C12H11NO/c1-3-13-11-7-5-4-6-10(11)9(2)8-12(13)14/h3-8H,1H2,2H3. The highest BCUT2D eigenvalue weighted by molar-refractivity contribution is 5.83. The van der Waals surface area contributed by atoms with Crippen LogP contribution in [0.4, 0.5) is 0 Å². The minimum Gasteiger partial charge on any atom is -0.284 e. The van der Waals surface area contributed by atoms with Gasteiger partial charge in [0.2, 0.25) is 0 Å². The minimum atomic E-state index is -0.0313. The molecule has 0 aliphatic carbocycles. The summed E-state index contributed by atoms with van der Waals surface area (Å²) in [7, 11) is 0. The van der Waals surface area contributed by atoms with Gasteiger partial charge in [0.05, 0.1) is 5.52 Å². The molecule has 0 saturated carbocycles. The number of hydrogen-bond donors (Lipinski definition) is 0. The highest BCUT2D eigenvalue weighted by Crippen LogP contribution is 2.15. The molecule has 0 atom stereocenters. The molecule has 0 radical (unpaired) electrons. The molecule has 0 spiro atoms. The number of para-hydroxylation sites is 1. The van der Waals surface area contributed by atoms with Crippen molar-refractivity contribution >= 4 is 17.1 Å². The molecule has 2 heteroatoms. The van der Waals surface area contributed by atoms with Crippen LogP contribution in [-0.4, -0.2) is 4.57 Å². The first-order chi connectivity index (χ1) is 6.74. The topological polar surface area (TPSA) is 22.0 Å². The molecule has 14 heavy (non-hydrogen) atoms. The van der Waals surface area contributed by atoms with Crippen LogP contribution in [0.1, 0.15) is 5.56 Å². The molecule has 0 aliphatic rings. The van der Waals surface area contributed by atoms with Gasteiger partial charge < -0.3 is 0 Å². The molecule has 0 saturated heterocycles. The molecular formula is C12H11NO. The van der Waals surface area contributed by atoms with Gasteiger partial charge in [-0.15, -0.1) is 0 Å². The van der Waals surface area contributed by atoms with Gasteiger partial charge in [0.25, 0.3) is 5.56 Å². The Balaban J connectivity index is 3.05. The lowest BCUT2D eigenvalue weighted by molar-refractivity contribution is 1.11. The van der Waals surface area contributed by atoms with Gasteiger partial charge in [0.15, 0.2) is 0 Å². The number of nitrogens with zero attached hydrogens (tertiary/aromatic N) is 1. The van der Waals surface area contributed by atoms with Crippen LogP contribution in [0, 0.1) is 6.92 Å². The Labute approximate surface area is 82.1 Å². The van der Waals surface area contributed by atoms with Gasteiger partial charge in [0.1, 0.15) is 0 Å². The van der Waals surface area contributed by atoms with Crippen molar-refractivity contribution in [3.8, 4) is 0 Å². The normalized spacial score (nSPS) is 10.4. The average molecular weight is 185 g/mol. The van der Waals surface area contributed by atoms with Crippen molar-refractivity contribution in [1.82, 2.24) is 4.57 Å². The van der Waals surface area contributed by atoms with Gasteiger partial charge in [-0.3, -0.25) is 9.36 Å². The Morgan fingerprint density at radius 1 is 1.36 bits per heavy atom. The van der Waals surface area contributed by atoms with Gasteiger partial charge in [-0.25, -0.2) is 0 Å². The monoisotopic (exact) mass is 185 g/mol. The number of aromatic nitrogens is 1. The predicted octanol–water partition coefficient (Wildman–Crippen LogP) is 2.41. The third-order valence-electron chi connectivity index (χ3n) is 2.35. The lowest BCUT2D eigenvalue weighted by atomic mass is 10.1. The fraction of sp³-hybridized carbons (Fsp3) is 0.0833. The molecular weight excluding hydrogens is 174 g/mol. The van der Waals surface area contributed by atoms with Crippen LogP contribution in [0.25, 0.3) is 17.1 Å². The molecule has 1 aromatic carbocycles. The molecule has 1 aromatic heterocycles. The summed E-state index contributed by atoms with van der Waals surface area (Å²) >= 11 is 0. The van der Waals surface area contributed by atoms with Crippen molar-refractivity contribution in [3.63, 3.8) is 0 Å². The fourth-order valence-electron chi connectivity index (χ4n) is 1.66. The summed E-state index contributed by atoms with van der Waals surface area (Å²) in [4.78, 5) is 11.6. The Kier molecular flexibility index (Phi) is 1.97. The van der Waals surface area contributed by atoms with Crippen molar-refractivity contribution in [2.24, 2.45) is 0 Å². The van der Waals surface area contributed by atoms with E-state index in [0.717, 1.165) is 16.5 Å². The molecule has 2 nitrogen and oxygen atoms in total. The van der Waals surface area contributed by atoms with Crippen LogP contribution in [0.2, 0.25) is 0 Å². The van der Waals surface area contributed by atoms with Crippen molar-refractivity contribution < 1.29 is 0 Å². The van der Waals surface area contributed by atoms with Crippen LogP contribution < -0.4 is 5.56 Å². The van der Waals surface area contributed by atoms with Crippen molar-refractivity contribution in [2.75, 3.05) is 0 Å². The van der Waals surface area contributed by atoms with Crippen LogP contribution in [0.3, 0.4) is 0 Å². The number of pyridine rings is 1. The smallest absolute Gasteiger partial charge is 0.255 e. The van der Waals surface area contributed by atoms with Gasteiger partial charge in [-0.05, 0) is 18.6 Å². The van der Waals surface area contributed by atoms with Crippen molar-refractivity contribution in [3.05, 3.63) is 52.8 Å². The molecule has 0 amide bonds. The van der Waals surface area contributed by atoms with Crippen molar-refractivity contribution in [1.29, 1.82) is 0 Å². The molecule has 70 valence electrons. The Bertz CT molecular complexity index is 552. The first-order valence-corrected chi connectivity index (χ1v) is 4.47. The SMILES string of the molecule is C=Cn1c(=O)cc(C)c2ccccc21. The molecule has 0 unspecified atom stereocenters. The summed E-state index contributed by atoms with van der Waals surface area (Å²) in [6, 6.07) is 9.44. The van der Waals surface area contributed by atoms with Crippen LogP contribution >= 0.6 is 0 Å². The molecule has 0 aliphatic heterocycles. The zero-order chi connectivity index (χ0) is 10.1. The summed E-state index contributed by atoms with van der Waals surface area (Å²) in [6.45, 7) is 5.58. The lowest BCUT2D eigenvalue weighted by Gasteiger charge is -2.06. The Hall–Kier alpha value is -1.83. The largest absolute Gasteiger partial charge is 0.284 e. The second-order valence-corrected chi connectivity index (χ2v) is 3.24. The third kappa shape index (κ3) is 1.16. The number of hydrogen-bond acceptors (Lipinski definition) is 1. The highest BCUT2D eigenvalue weighted by atomic mass is 16.1. The van der Waals surface area contributed by atoms with E-state index < -0.39 is 0 Å². The summed E-state index contributed by atoms with van der Waals surface area (Å²) in [6.07, 6.45) is 1.55. The third-order valence-corrected chi connectivity index (χ3v) is 2.35. The van der Waals surface area contributed by atoms with Crippen LogP contribution in [-0.2, 0) is 0 Å². The molecule has 0 bridgehead atoms. The van der Waals surface area contributed by atoms with Gasteiger partial charge in [-0.1, -0.05) is 24.8 Å². The van der Waals surface area contributed by atoms with E-state index >= 15 is 0 Å². The first-order valence-electron chi connectivity index (χ1n) is 4.47. The van der Waals surface area contributed by atoms with E-state index in [4.69, 9.17) is 0 Å². The van der Waals surface area contributed by atoms with Gasteiger partial charge >= 0.3 is 0 Å². The van der Waals surface area contributed by atoms with E-state index in [-0.39, 0.29) is 5.56 Å². The van der Waals surface area contributed by atoms with E-state index in [1.54, 1.807) is 16.8 Å². The number of rotatable bonds is 1. The highest BCUT2D eigenvalue weighted by Gasteiger charge is 2.02. The van der Waals surface area contributed by atoms with E-state index in [2.05, 4.69) is 6.58 Å². The quantitative estimate of drug-likeness (QED) is 0.668.